The first-order valence-corrected chi connectivity index (χ1v) is 13.5. The summed E-state index contributed by atoms with van der Waals surface area (Å²) in [5, 5.41) is 0.918. The largest absolute Gasteiger partial charge is 0.378 e. The highest BCUT2D eigenvalue weighted by Crippen LogP contribution is 2.35. The summed E-state index contributed by atoms with van der Waals surface area (Å²) in [6.07, 6.45) is 2.37. The van der Waals surface area contributed by atoms with E-state index in [-0.39, 0.29) is 11.9 Å². The van der Waals surface area contributed by atoms with Gasteiger partial charge in [-0.25, -0.2) is 0 Å². The van der Waals surface area contributed by atoms with Gasteiger partial charge in [-0.2, -0.15) is 0 Å². The van der Waals surface area contributed by atoms with E-state index in [9.17, 15) is 4.79 Å². The van der Waals surface area contributed by atoms with Crippen molar-refractivity contribution in [2.75, 3.05) is 64.2 Å². The van der Waals surface area contributed by atoms with Crippen molar-refractivity contribution in [2.24, 2.45) is 0 Å². The van der Waals surface area contributed by atoms with E-state index in [1.54, 1.807) is 12.1 Å². The van der Waals surface area contributed by atoms with Crippen molar-refractivity contribution in [1.29, 1.82) is 0 Å². The third kappa shape index (κ3) is 6.85. The standard InChI is InChI=1S/C30H36Cl2N4O/c1-33(2)21-30(37)36(26-14-15-27(31)28(32)19-26)29(20-35-16-5-6-17-35)24-9-7-8-23(18-24)22-10-12-25(13-11-22)34(3)4/h7-15,18-19,29H,5-6,16-17,20-21H2,1-4H3. The Labute approximate surface area is 231 Å². The van der Waals surface area contributed by atoms with Crippen LogP contribution in [0.4, 0.5) is 11.4 Å². The van der Waals surface area contributed by atoms with Crippen LogP contribution in [0.3, 0.4) is 0 Å². The zero-order valence-electron chi connectivity index (χ0n) is 22.1. The number of benzene rings is 3. The highest BCUT2D eigenvalue weighted by Gasteiger charge is 2.30. The number of carbonyl (C=O) groups excluding carboxylic acids is 1. The Morgan fingerprint density at radius 3 is 2.14 bits per heavy atom. The first kappa shape index (κ1) is 27.5. The van der Waals surface area contributed by atoms with Crippen molar-refractivity contribution in [3.8, 4) is 11.1 Å². The number of amides is 1. The van der Waals surface area contributed by atoms with Gasteiger partial charge in [-0.3, -0.25) is 4.79 Å². The molecule has 7 heteroatoms. The molecule has 1 saturated heterocycles. The minimum atomic E-state index is -0.177. The Morgan fingerprint density at radius 2 is 1.51 bits per heavy atom. The van der Waals surface area contributed by atoms with E-state index >= 15 is 0 Å². The predicted octanol–water partition coefficient (Wildman–Crippen LogP) is 6.46. The molecule has 0 radical (unpaired) electrons. The van der Waals surface area contributed by atoms with E-state index in [4.69, 9.17) is 23.2 Å². The number of rotatable bonds is 9. The fourth-order valence-electron chi connectivity index (χ4n) is 4.90. The molecule has 1 amide bonds. The summed E-state index contributed by atoms with van der Waals surface area (Å²) >= 11 is 12.7. The molecule has 1 fully saturated rings. The molecule has 0 aliphatic carbocycles. The van der Waals surface area contributed by atoms with E-state index in [1.807, 2.05) is 44.1 Å². The average Bonchev–Trinajstić information content (AvgIpc) is 3.39. The lowest BCUT2D eigenvalue weighted by atomic mass is 9.97. The molecule has 0 saturated carbocycles. The molecular weight excluding hydrogens is 503 g/mol. The van der Waals surface area contributed by atoms with Gasteiger partial charge in [0.05, 0.1) is 22.6 Å². The molecule has 0 aromatic heterocycles. The molecule has 1 unspecified atom stereocenters. The van der Waals surface area contributed by atoms with Crippen LogP contribution in [0.15, 0.2) is 66.7 Å². The normalized spacial score (nSPS) is 14.7. The molecule has 196 valence electrons. The molecular formula is C30H36Cl2N4O. The van der Waals surface area contributed by atoms with Gasteiger partial charge in [0, 0.05) is 32.0 Å². The van der Waals surface area contributed by atoms with Crippen molar-refractivity contribution in [1.82, 2.24) is 9.80 Å². The minimum Gasteiger partial charge on any atom is -0.378 e. The SMILES string of the molecule is CN(C)CC(=O)N(c1ccc(Cl)c(Cl)c1)C(CN1CCCC1)c1cccc(-c2ccc(N(C)C)cc2)c1. The van der Waals surface area contributed by atoms with E-state index in [0.29, 0.717) is 16.6 Å². The van der Waals surface area contributed by atoms with Crippen LogP contribution in [0.25, 0.3) is 11.1 Å². The van der Waals surface area contributed by atoms with E-state index in [0.717, 1.165) is 47.7 Å². The zero-order valence-corrected chi connectivity index (χ0v) is 23.6. The van der Waals surface area contributed by atoms with Gasteiger partial charge in [-0.15, -0.1) is 0 Å². The molecule has 1 atom stereocenters. The molecule has 0 spiro atoms. The Balaban J connectivity index is 1.78. The third-order valence-electron chi connectivity index (χ3n) is 6.83. The highest BCUT2D eigenvalue weighted by atomic mass is 35.5. The van der Waals surface area contributed by atoms with E-state index < -0.39 is 0 Å². The number of hydrogen-bond donors (Lipinski definition) is 0. The highest BCUT2D eigenvalue weighted by molar-refractivity contribution is 6.42. The van der Waals surface area contributed by atoms with Crippen LogP contribution in [-0.2, 0) is 4.79 Å². The van der Waals surface area contributed by atoms with Crippen molar-refractivity contribution in [3.05, 3.63) is 82.3 Å². The Kier molecular flexibility index (Phi) is 9.14. The maximum atomic E-state index is 13.8. The van der Waals surface area contributed by atoms with Gasteiger partial charge in [0.15, 0.2) is 0 Å². The Bertz CT molecular complexity index is 1210. The van der Waals surface area contributed by atoms with Gasteiger partial charge in [-0.1, -0.05) is 53.5 Å². The van der Waals surface area contributed by atoms with E-state index in [1.165, 1.54) is 12.8 Å². The molecule has 0 bridgehead atoms. The van der Waals surface area contributed by atoms with Crippen LogP contribution in [0.1, 0.15) is 24.4 Å². The summed E-state index contributed by atoms with van der Waals surface area (Å²) in [6, 6.07) is 22.4. The van der Waals surface area contributed by atoms with Gasteiger partial charge in [0.25, 0.3) is 0 Å². The second kappa shape index (κ2) is 12.3. The summed E-state index contributed by atoms with van der Waals surface area (Å²) in [7, 11) is 7.92. The molecule has 1 heterocycles. The van der Waals surface area contributed by atoms with Gasteiger partial charge >= 0.3 is 0 Å². The predicted molar refractivity (Wildman–Crippen MR) is 157 cm³/mol. The van der Waals surface area contributed by atoms with Gasteiger partial charge in [-0.05, 0) is 93.1 Å². The number of likely N-dealkylation sites (tertiary alicyclic amines) is 1. The maximum absolute atomic E-state index is 13.8. The molecule has 0 N–H and O–H groups in total. The number of halogens is 2. The van der Waals surface area contributed by atoms with Gasteiger partial charge in [0.1, 0.15) is 0 Å². The van der Waals surface area contributed by atoms with Crippen LogP contribution in [-0.4, -0.2) is 70.1 Å². The Hall–Kier alpha value is -2.57. The first-order valence-electron chi connectivity index (χ1n) is 12.7. The van der Waals surface area contributed by atoms with Crippen LogP contribution < -0.4 is 9.80 Å². The average molecular weight is 540 g/mol. The van der Waals surface area contributed by atoms with Crippen LogP contribution in [0.2, 0.25) is 10.0 Å². The molecule has 1 aliphatic heterocycles. The summed E-state index contributed by atoms with van der Waals surface area (Å²) in [5.74, 6) is 0.0216. The molecule has 1 aliphatic rings. The summed E-state index contributed by atoms with van der Waals surface area (Å²) in [5.41, 5.74) is 5.29. The lowest BCUT2D eigenvalue weighted by Crippen LogP contribution is -2.44. The molecule has 3 aromatic rings. The lowest BCUT2D eigenvalue weighted by molar-refractivity contribution is -0.119. The van der Waals surface area contributed by atoms with Crippen molar-refractivity contribution < 1.29 is 4.79 Å². The third-order valence-corrected chi connectivity index (χ3v) is 7.57. The quantitative estimate of drug-likeness (QED) is 0.312. The van der Waals surface area contributed by atoms with Crippen molar-refractivity contribution in [3.63, 3.8) is 0 Å². The second-order valence-electron chi connectivity index (χ2n) is 10.2. The molecule has 37 heavy (non-hydrogen) atoms. The first-order chi connectivity index (χ1) is 17.7. The van der Waals surface area contributed by atoms with Crippen LogP contribution >= 0.6 is 23.2 Å². The number of nitrogens with zero attached hydrogens (tertiary/aromatic N) is 4. The summed E-state index contributed by atoms with van der Waals surface area (Å²) in [6.45, 7) is 3.13. The molecule has 5 nitrogen and oxygen atoms in total. The number of likely N-dealkylation sites (N-methyl/N-ethyl adjacent to an activating group) is 1. The monoisotopic (exact) mass is 538 g/mol. The van der Waals surface area contributed by atoms with Gasteiger partial charge < -0.3 is 19.6 Å². The smallest absolute Gasteiger partial charge is 0.241 e. The fourth-order valence-corrected chi connectivity index (χ4v) is 5.20. The molecule has 3 aromatic carbocycles. The van der Waals surface area contributed by atoms with Crippen molar-refractivity contribution in [2.45, 2.75) is 18.9 Å². The number of carbonyl (C=O) groups is 1. The molecule has 4 rings (SSSR count). The van der Waals surface area contributed by atoms with E-state index in [2.05, 4.69) is 58.3 Å². The Morgan fingerprint density at radius 1 is 0.838 bits per heavy atom. The second-order valence-corrected chi connectivity index (χ2v) is 11.0. The zero-order chi connectivity index (χ0) is 26.5. The van der Waals surface area contributed by atoms with Crippen molar-refractivity contribution >= 4 is 40.5 Å². The summed E-state index contributed by atoms with van der Waals surface area (Å²) < 4.78 is 0. The fraction of sp³-hybridized carbons (Fsp3) is 0.367. The minimum absolute atomic E-state index is 0.0216. The van der Waals surface area contributed by atoms with Crippen LogP contribution in [0.5, 0.6) is 0 Å². The number of hydrogen-bond acceptors (Lipinski definition) is 4. The van der Waals surface area contributed by atoms with Gasteiger partial charge in [0.2, 0.25) is 5.91 Å². The van der Waals surface area contributed by atoms with Crippen LogP contribution in [0, 0.1) is 0 Å². The maximum Gasteiger partial charge on any atom is 0.241 e. The summed E-state index contributed by atoms with van der Waals surface area (Å²) in [4.78, 5) is 22.1. The number of anilines is 2. The topological polar surface area (TPSA) is 30.0 Å². The lowest BCUT2D eigenvalue weighted by Gasteiger charge is -2.36.